The molecule has 3 aliphatic rings. The van der Waals surface area contributed by atoms with Crippen LogP contribution in [0.2, 0.25) is 0 Å². The van der Waals surface area contributed by atoms with Crippen LogP contribution in [0, 0.1) is 0 Å². The van der Waals surface area contributed by atoms with E-state index in [0.717, 1.165) is 21.5 Å². The molecule has 0 aromatic rings. The summed E-state index contributed by atoms with van der Waals surface area (Å²) in [6.45, 7) is 0. The van der Waals surface area contributed by atoms with Crippen LogP contribution in [0.5, 0.6) is 0 Å². The molecule has 0 spiro atoms. The van der Waals surface area contributed by atoms with Crippen LogP contribution < -0.4 is 5.73 Å². The number of carbonyl (C=O) groups is 1. The van der Waals surface area contributed by atoms with Crippen molar-refractivity contribution in [2.75, 3.05) is 0 Å². The van der Waals surface area contributed by atoms with Crippen LogP contribution in [0.15, 0.2) is 33.4 Å². The third kappa shape index (κ3) is 0.869. The lowest BCUT2D eigenvalue weighted by molar-refractivity contribution is -0.138. The molecule has 0 saturated heterocycles. The Kier molecular flexibility index (Phi) is 1.51. The monoisotopic (exact) mass is 241 g/mol. The summed E-state index contributed by atoms with van der Waals surface area (Å²) in [7, 11) is 0. The van der Waals surface area contributed by atoms with Gasteiger partial charge in [0.1, 0.15) is 11.8 Å². The van der Waals surface area contributed by atoms with Crippen LogP contribution in [-0.4, -0.2) is 22.2 Å². The second kappa shape index (κ2) is 2.43. The highest BCUT2D eigenvalue weighted by atomic mass is 32.4. The third-order valence-corrected chi connectivity index (χ3v) is 7.67. The minimum absolute atomic E-state index is 0.309. The Labute approximate surface area is 90.8 Å². The number of aliphatic hydroxyl groups is 1. The normalized spacial score (nSPS) is 32.2. The highest BCUT2D eigenvalue weighted by Gasteiger charge is 2.62. The molecule has 3 aliphatic heterocycles. The van der Waals surface area contributed by atoms with E-state index in [0.29, 0.717) is 12.2 Å². The van der Waals surface area contributed by atoms with Crippen molar-refractivity contribution in [1.29, 1.82) is 0 Å². The molecule has 2 atom stereocenters. The van der Waals surface area contributed by atoms with Gasteiger partial charge in [0.25, 0.3) is 0 Å². The molecule has 15 heavy (non-hydrogen) atoms. The first-order valence-corrected chi connectivity index (χ1v) is 7.27. The van der Waals surface area contributed by atoms with Crippen molar-refractivity contribution in [3.8, 4) is 0 Å². The highest BCUT2D eigenvalue weighted by Crippen LogP contribution is 2.95. The molecule has 0 aromatic heterocycles. The predicted octanol–water partition coefficient (Wildman–Crippen LogP) is 1.22. The maximum atomic E-state index is 10.6. The van der Waals surface area contributed by atoms with Crippen molar-refractivity contribution >= 4 is 23.8 Å². The molecule has 0 fully saturated rings. The number of carboxylic acids is 1. The molecule has 78 valence electrons. The van der Waals surface area contributed by atoms with Gasteiger partial charge in [-0.25, -0.2) is 0 Å². The maximum Gasteiger partial charge on any atom is 0.320 e. The fourth-order valence-electron chi connectivity index (χ4n) is 2.18. The molecule has 0 aliphatic carbocycles. The number of aliphatic carboxylic acids is 1. The van der Waals surface area contributed by atoms with E-state index >= 15 is 0 Å². The van der Waals surface area contributed by atoms with E-state index < -0.39 is 18.0 Å². The van der Waals surface area contributed by atoms with Crippen molar-refractivity contribution in [3.63, 3.8) is 0 Å². The average Bonchev–Trinajstić information content (AvgIpc) is 2.65. The summed E-state index contributed by atoms with van der Waals surface area (Å²) in [5, 5.41) is 21.0. The molecule has 4 nitrogen and oxygen atoms in total. The van der Waals surface area contributed by atoms with Crippen LogP contribution in [0.1, 0.15) is 6.42 Å². The fourth-order valence-corrected chi connectivity index (χ4v) is 6.87. The Morgan fingerprint density at radius 1 is 1.60 bits per heavy atom. The average molecular weight is 241 g/mol. The van der Waals surface area contributed by atoms with E-state index in [-0.39, 0.29) is 0 Å². The van der Waals surface area contributed by atoms with E-state index in [9.17, 15) is 9.90 Å². The third-order valence-electron chi connectivity index (χ3n) is 2.98. The Bertz CT molecular complexity index is 558. The molecule has 2 unspecified atom stereocenters. The van der Waals surface area contributed by atoms with E-state index in [1.54, 1.807) is 0 Å². The Morgan fingerprint density at radius 2 is 2.27 bits per heavy atom. The van der Waals surface area contributed by atoms with Crippen molar-refractivity contribution in [2.24, 2.45) is 5.73 Å². The lowest BCUT2D eigenvalue weighted by atomic mass is 10.0. The Hall–Kier alpha value is -0.900. The lowest BCUT2D eigenvalue weighted by Crippen LogP contribution is -2.30. The number of rotatable bonds is 3. The Balaban J connectivity index is 1.87. The van der Waals surface area contributed by atoms with Crippen molar-refractivity contribution in [3.05, 3.63) is 33.4 Å². The summed E-state index contributed by atoms with van der Waals surface area (Å²) < 4.78 is 0. The molecule has 0 aromatic carbocycles. The smallest absolute Gasteiger partial charge is 0.320 e. The van der Waals surface area contributed by atoms with Gasteiger partial charge in [-0.3, -0.25) is 4.79 Å². The van der Waals surface area contributed by atoms with Crippen molar-refractivity contribution in [1.82, 2.24) is 0 Å². The van der Waals surface area contributed by atoms with Crippen LogP contribution in [-0.2, 0) is 16.6 Å². The van der Waals surface area contributed by atoms with Crippen molar-refractivity contribution < 1.29 is 15.0 Å². The van der Waals surface area contributed by atoms with Gasteiger partial charge in [0, 0.05) is 22.0 Å². The predicted molar refractivity (Wildman–Crippen MR) is 59.3 cm³/mol. The lowest BCUT2D eigenvalue weighted by Gasteiger charge is -2.15. The van der Waals surface area contributed by atoms with Gasteiger partial charge in [-0.15, -0.1) is 0 Å². The number of allylic oxidation sites excluding steroid dienone is 4. The quantitative estimate of drug-likeness (QED) is 0.647. The first-order chi connectivity index (χ1) is 6.98. The van der Waals surface area contributed by atoms with Gasteiger partial charge in [0.05, 0.1) is 0 Å². The molecule has 4 N–H and O–H groups in total. The summed E-state index contributed by atoms with van der Waals surface area (Å²) in [6, 6.07) is -2.49. The number of carboxylic acid groups (broad SMARTS) is 1. The summed E-state index contributed by atoms with van der Waals surface area (Å²) >= 11 is 5.41. The van der Waals surface area contributed by atoms with Gasteiger partial charge >= 0.3 is 5.97 Å². The first-order valence-electron chi connectivity index (χ1n) is 4.47. The van der Waals surface area contributed by atoms with Crippen molar-refractivity contribution in [2.45, 2.75) is 12.5 Å². The molecular weight excluding hydrogens is 233 g/mol. The number of hydrogen-bond donors (Lipinski definition) is 3. The molecule has 3 rings (SSSR count). The molecular formula is C9H8NO3PS. The maximum absolute atomic E-state index is 10.6. The Morgan fingerprint density at radius 3 is 2.67 bits per heavy atom. The minimum atomic E-state index is -1.61. The van der Waals surface area contributed by atoms with E-state index in [1.165, 1.54) is 0 Å². The summed E-state index contributed by atoms with van der Waals surface area (Å²) in [5.74, 6) is -0.671. The molecule has 0 amide bonds. The van der Waals surface area contributed by atoms with Gasteiger partial charge in [-0.2, -0.15) is 0 Å². The molecule has 6 heteroatoms. The SMILES string of the molecule is NC(CC1=CC2=C(O)C3=C1P23=S)C(=O)O. The zero-order valence-corrected chi connectivity index (χ0v) is 9.31. The number of nitrogens with two attached hydrogens (primary N) is 1. The van der Waals surface area contributed by atoms with Gasteiger partial charge in [-0.05, 0) is 18.1 Å². The number of hydrogen-bond acceptors (Lipinski definition) is 4. The van der Waals surface area contributed by atoms with Crippen LogP contribution in [0.4, 0.5) is 0 Å². The molecule has 0 radical (unpaired) electrons. The topological polar surface area (TPSA) is 83.5 Å². The van der Waals surface area contributed by atoms with E-state index in [4.69, 9.17) is 22.6 Å². The second-order valence-corrected chi connectivity index (χ2v) is 8.10. The summed E-state index contributed by atoms with van der Waals surface area (Å²) in [6.07, 6.45) is 2.13. The largest absolute Gasteiger partial charge is 0.506 e. The fraction of sp³-hybridized carbons (Fsp3) is 0.222. The molecule has 0 saturated carbocycles. The van der Waals surface area contributed by atoms with Crippen LogP contribution in [0.25, 0.3) is 0 Å². The number of aliphatic hydroxyl groups excluding tert-OH is 1. The van der Waals surface area contributed by atoms with Gasteiger partial charge in [-0.1, -0.05) is 11.8 Å². The molecule has 0 bridgehead atoms. The summed E-state index contributed by atoms with van der Waals surface area (Å²) in [4.78, 5) is 10.6. The van der Waals surface area contributed by atoms with Gasteiger partial charge in [0.2, 0.25) is 0 Å². The van der Waals surface area contributed by atoms with Gasteiger partial charge < -0.3 is 15.9 Å². The highest BCUT2D eigenvalue weighted by molar-refractivity contribution is 8.26. The van der Waals surface area contributed by atoms with Crippen LogP contribution >= 0.6 is 6.04 Å². The van der Waals surface area contributed by atoms with E-state index in [2.05, 4.69) is 0 Å². The second-order valence-electron chi connectivity index (χ2n) is 3.86. The first kappa shape index (κ1) is 9.33. The van der Waals surface area contributed by atoms with Crippen LogP contribution in [0.3, 0.4) is 0 Å². The standard InChI is InChI=1S/C9H8NO3PS/c10-4(9(12)13)1-3-2-5-6(11)8-7(3)14(5,8)15/h2,4,11H,1,10H2,(H,12,13). The zero-order chi connectivity index (χ0) is 11.0. The van der Waals surface area contributed by atoms with E-state index in [1.807, 2.05) is 6.08 Å². The minimum Gasteiger partial charge on any atom is -0.506 e. The van der Waals surface area contributed by atoms with Gasteiger partial charge in [0.15, 0.2) is 0 Å². The summed E-state index contributed by atoms with van der Waals surface area (Å²) in [5.41, 5.74) is 6.38. The molecule has 3 heterocycles. The zero-order valence-electron chi connectivity index (χ0n) is 7.60.